The van der Waals surface area contributed by atoms with E-state index in [0.29, 0.717) is 0 Å². The molecule has 2 aromatic carbocycles. The summed E-state index contributed by atoms with van der Waals surface area (Å²) in [5.41, 5.74) is 4.84. The number of hydrogen-bond donors (Lipinski definition) is 0. The molecule has 0 aliphatic heterocycles. The van der Waals surface area contributed by atoms with Gasteiger partial charge >= 0.3 is 0 Å². The third-order valence-corrected chi connectivity index (χ3v) is 3.65. The molecule has 22 heavy (non-hydrogen) atoms. The summed E-state index contributed by atoms with van der Waals surface area (Å²) in [7, 11) is 0. The van der Waals surface area contributed by atoms with Crippen molar-refractivity contribution in [2.24, 2.45) is 0 Å². The molecule has 0 fully saturated rings. The summed E-state index contributed by atoms with van der Waals surface area (Å²) in [5, 5.41) is 1.02. The van der Waals surface area contributed by atoms with Gasteiger partial charge in [0.25, 0.3) is 0 Å². The molecule has 0 spiro atoms. The minimum absolute atomic E-state index is 0.877. The lowest BCUT2D eigenvalue weighted by Crippen LogP contribution is -1.93. The van der Waals surface area contributed by atoms with Crippen LogP contribution in [0.3, 0.4) is 0 Å². The topological polar surface area (TPSA) is 38.7 Å². The van der Waals surface area contributed by atoms with Crippen LogP contribution in [0.25, 0.3) is 33.4 Å². The van der Waals surface area contributed by atoms with E-state index in [9.17, 15) is 0 Å². The maximum atomic E-state index is 4.52. The Kier molecular flexibility index (Phi) is 3.09. The summed E-state index contributed by atoms with van der Waals surface area (Å²) in [6, 6.07) is 22.2. The average Bonchev–Trinajstić information content (AvgIpc) is 2.62. The maximum absolute atomic E-state index is 4.52. The highest BCUT2D eigenvalue weighted by atomic mass is 14.9. The van der Waals surface area contributed by atoms with Crippen LogP contribution in [0.2, 0.25) is 0 Å². The molecule has 4 aromatic rings. The number of pyridine rings is 1. The van der Waals surface area contributed by atoms with Crippen LogP contribution in [-0.4, -0.2) is 15.0 Å². The molecule has 104 valence electrons. The van der Waals surface area contributed by atoms with Gasteiger partial charge in [-0.15, -0.1) is 0 Å². The number of aromatic nitrogens is 3. The van der Waals surface area contributed by atoms with E-state index in [-0.39, 0.29) is 0 Å². The second-order valence-corrected chi connectivity index (χ2v) is 5.01. The van der Waals surface area contributed by atoms with Crippen LogP contribution in [0.4, 0.5) is 0 Å². The minimum Gasteiger partial charge on any atom is -0.254 e. The van der Waals surface area contributed by atoms with E-state index in [1.54, 1.807) is 6.33 Å². The van der Waals surface area contributed by atoms with Gasteiger partial charge in [0.2, 0.25) is 0 Å². The van der Waals surface area contributed by atoms with Gasteiger partial charge in [-0.05, 0) is 6.07 Å². The Hall–Kier alpha value is -3.07. The lowest BCUT2D eigenvalue weighted by Gasteiger charge is -2.08. The molecule has 0 N–H and O–H groups in total. The predicted octanol–water partition coefficient (Wildman–Crippen LogP) is 4.36. The first-order chi connectivity index (χ1) is 10.9. The molecule has 0 atom stereocenters. The van der Waals surface area contributed by atoms with Crippen LogP contribution in [0.5, 0.6) is 0 Å². The molecule has 0 aliphatic rings. The highest BCUT2D eigenvalue weighted by Gasteiger charge is 2.11. The summed E-state index contributed by atoms with van der Waals surface area (Å²) in [6.07, 6.45) is 3.43. The van der Waals surface area contributed by atoms with Crippen LogP contribution in [0, 0.1) is 0 Å². The molecule has 0 radical (unpaired) electrons. The van der Waals surface area contributed by atoms with Crippen molar-refractivity contribution in [1.29, 1.82) is 0 Å². The van der Waals surface area contributed by atoms with Gasteiger partial charge in [-0.25, -0.2) is 9.97 Å². The molecule has 3 nitrogen and oxygen atoms in total. The van der Waals surface area contributed by atoms with Gasteiger partial charge in [0.15, 0.2) is 0 Å². The first kappa shape index (κ1) is 12.7. The third-order valence-electron chi connectivity index (χ3n) is 3.65. The number of rotatable bonds is 2. The summed E-state index contributed by atoms with van der Waals surface area (Å²) in [4.78, 5) is 13.5. The third kappa shape index (κ3) is 2.13. The molecule has 2 heterocycles. The van der Waals surface area contributed by atoms with Crippen molar-refractivity contribution < 1.29 is 0 Å². The Morgan fingerprint density at radius 3 is 1.86 bits per heavy atom. The molecule has 0 saturated carbocycles. The number of nitrogens with zero attached hydrogens (tertiary/aromatic N) is 3. The fourth-order valence-electron chi connectivity index (χ4n) is 2.62. The average molecular weight is 283 g/mol. The first-order valence-electron chi connectivity index (χ1n) is 7.14. The highest BCUT2D eigenvalue weighted by molar-refractivity contribution is 5.98. The van der Waals surface area contributed by atoms with Crippen LogP contribution in [0.15, 0.2) is 79.3 Å². The smallest absolute Gasteiger partial charge is 0.116 e. The van der Waals surface area contributed by atoms with Crippen molar-refractivity contribution in [2.75, 3.05) is 0 Å². The molecule has 0 unspecified atom stereocenters. The Morgan fingerprint density at radius 2 is 1.18 bits per heavy atom. The van der Waals surface area contributed by atoms with Crippen LogP contribution >= 0.6 is 0 Å². The fourth-order valence-corrected chi connectivity index (χ4v) is 2.62. The fraction of sp³-hybridized carbons (Fsp3) is 0. The van der Waals surface area contributed by atoms with Crippen molar-refractivity contribution in [3.8, 4) is 22.5 Å². The Bertz CT molecular complexity index is 840. The second kappa shape index (κ2) is 5.37. The second-order valence-electron chi connectivity index (χ2n) is 5.01. The number of fused-ring (bicyclic) bond motifs is 1. The molecule has 3 heteroatoms. The molecule has 4 rings (SSSR count). The SMILES string of the molecule is c1ccc(-c2ncnc3c(-c4ccccc4)nccc23)cc1. The predicted molar refractivity (Wildman–Crippen MR) is 88.2 cm³/mol. The zero-order valence-corrected chi connectivity index (χ0v) is 11.8. The van der Waals surface area contributed by atoms with E-state index in [2.05, 4.69) is 27.1 Å². The highest BCUT2D eigenvalue weighted by Crippen LogP contribution is 2.30. The van der Waals surface area contributed by atoms with Crippen LogP contribution in [-0.2, 0) is 0 Å². The van der Waals surface area contributed by atoms with Crippen molar-refractivity contribution in [3.63, 3.8) is 0 Å². The van der Waals surface area contributed by atoms with Gasteiger partial charge in [0.1, 0.15) is 11.8 Å². The van der Waals surface area contributed by atoms with Gasteiger partial charge in [-0.2, -0.15) is 0 Å². The molecular weight excluding hydrogens is 270 g/mol. The molecule has 0 bridgehead atoms. The number of benzene rings is 2. The van der Waals surface area contributed by atoms with E-state index in [0.717, 1.165) is 33.4 Å². The lowest BCUT2D eigenvalue weighted by molar-refractivity contribution is 1.21. The van der Waals surface area contributed by atoms with Gasteiger partial charge in [-0.1, -0.05) is 60.7 Å². The summed E-state index contributed by atoms with van der Waals surface area (Å²) in [5.74, 6) is 0. The normalized spacial score (nSPS) is 10.7. The van der Waals surface area contributed by atoms with Gasteiger partial charge in [0.05, 0.1) is 11.4 Å². The molecule has 0 saturated heterocycles. The standard InChI is InChI=1S/C19H13N3/c1-3-7-14(8-4-1)17-16-11-12-20-18(19(16)22-13-21-17)15-9-5-2-6-10-15/h1-13H. The molecule has 0 amide bonds. The van der Waals surface area contributed by atoms with Crippen LogP contribution < -0.4 is 0 Å². The van der Waals surface area contributed by atoms with Gasteiger partial charge < -0.3 is 0 Å². The quantitative estimate of drug-likeness (QED) is 0.548. The summed E-state index contributed by atoms with van der Waals surface area (Å²) < 4.78 is 0. The van der Waals surface area contributed by atoms with Crippen LogP contribution in [0.1, 0.15) is 0 Å². The van der Waals surface area contributed by atoms with E-state index >= 15 is 0 Å². The van der Waals surface area contributed by atoms with E-state index in [1.807, 2.05) is 60.8 Å². The van der Waals surface area contributed by atoms with E-state index < -0.39 is 0 Å². The Morgan fingerprint density at radius 1 is 0.545 bits per heavy atom. The summed E-state index contributed by atoms with van der Waals surface area (Å²) >= 11 is 0. The zero-order valence-electron chi connectivity index (χ0n) is 11.8. The first-order valence-corrected chi connectivity index (χ1v) is 7.14. The molecule has 2 aromatic heterocycles. The van der Waals surface area contributed by atoms with Crippen molar-refractivity contribution in [2.45, 2.75) is 0 Å². The van der Waals surface area contributed by atoms with Gasteiger partial charge in [-0.3, -0.25) is 4.98 Å². The zero-order chi connectivity index (χ0) is 14.8. The summed E-state index contributed by atoms with van der Waals surface area (Å²) in [6.45, 7) is 0. The Balaban J connectivity index is 2.00. The molecule has 0 aliphatic carbocycles. The monoisotopic (exact) mass is 283 g/mol. The Labute approximate surface area is 128 Å². The van der Waals surface area contributed by atoms with E-state index in [4.69, 9.17) is 0 Å². The maximum Gasteiger partial charge on any atom is 0.116 e. The lowest BCUT2D eigenvalue weighted by atomic mass is 10.0. The van der Waals surface area contributed by atoms with Crippen molar-refractivity contribution in [1.82, 2.24) is 15.0 Å². The largest absolute Gasteiger partial charge is 0.254 e. The molecular formula is C19H13N3. The van der Waals surface area contributed by atoms with Crippen molar-refractivity contribution in [3.05, 3.63) is 79.3 Å². The van der Waals surface area contributed by atoms with E-state index in [1.165, 1.54) is 0 Å². The van der Waals surface area contributed by atoms with Gasteiger partial charge in [0, 0.05) is 22.7 Å². The minimum atomic E-state index is 0.877. The number of hydrogen-bond acceptors (Lipinski definition) is 3. The van der Waals surface area contributed by atoms with Crippen molar-refractivity contribution >= 4 is 10.9 Å².